The second-order valence-corrected chi connectivity index (χ2v) is 18.0. The Morgan fingerprint density at radius 3 is 2.26 bits per heavy atom. The van der Waals surface area contributed by atoms with Crippen molar-refractivity contribution in [2.24, 2.45) is 45.3 Å². The van der Waals surface area contributed by atoms with E-state index in [4.69, 9.17) is 18.9 Å². The summed E-state index contributed by atoms with van der Waals surface area (Å²) in [4.78, 5) is 39.5. The summed E-state index contributed by atoms with van der Waals surface area (Å²) in [5.74, 6) is -1.84. The third-order valence-corrected chi connectivity index (χ3v) is 14.4. The highest BCUT2D eigenvalue weighted by Crippen LogP contribution is 2.72. The normalized spacial score (nSPS) is 38.1. The van der Waals surface area contributed by atoms with Crippen molar-refractivity contribution in [1.82, 2.24) is 0 Å². The Bertz CT molecular complexity index is 1680. The highest BCUT2D eigenvalue weighted by molar-refractivity contribution is 5.95. The Hall–Kier alpha value is -3.02. The summed E-state index contributed by atoms with van der Waals surface area (Å²) in [6.07, 6.45) is 1.58. The number of hydrogen-bond donors (Lipinski definition) is 1. The number of fused-ring (bicyclic) bond motifs is 5. The predicted octanol–water partition coefficient (Wildman–Crippen LogP) is 7.67. The lowest BCUT2D eigenvalue weighted by molar-refractivity contribution is -0.283. The van der Waals surface area contributed by atoms with Crippen LogP contribution >= 0.6 is 0 Å². The van der Waals surface area contributed by atoms with Crippen molar-refractivity contribution in [3.8, 4) is 0 Å². The van der Waals surface area contributed by atoms with Gasteiger partial charge in [0.2, 0.25) is 0 Å². The molecule has 5 aliphatic rings. The highest BCUT2D eigenvalue weighted by Gasteiger charge is 2.69. The van der Waals surface area contributed by atoms with Crippen LogP contribution < -0.4 is 0 Å². The Balaban J connectivity index is 1.28. The first-order valence-electron chi connectivity index (χ1n) is 18.8. The van der Waals surface area contributed by atoms with Crippen LogP contribution in [0.3, 0.4) is 0 Å². The number of methoxy groups -OCH3 is 1. The molecule has 0 spiro atoms. The van der Waals surface area contributed by atoms with Gasteiger partial charge in [0.15, 0.2) is 11.9 Å². The van der Waals surface area contributed by atoms with Gasteiger partial charge in [-0.15, -0.1) is 0 Å². The molecule has 1 aromatic rings. The molecule has 292 valence electrons. The molecule has 1 aromatic carbocycles. The number of ether oxygens (including phenoxy) is 4. The lowest BCUT2D eigenvalue weighted by Crippen LogP contribution is -2.64. The number of halogens is 3. The molecule has 0 radical (unpaired) electrons. The van der Waals surface area contributed by atoms with Crippen molar-refractivity contribution >= 4 is 17.7 Å². The van der Waals surface area contributed by atoms with E-state index in [0.29, 0.717) is 12.8 Å². The standard InChI is InChI=1S/C42H55F3O8/c1-24(46)52-33-22-31-36(2,3)32(47)18-20-39(31,7)30-17-19-38(6)27(15-16-29(38)40(30,33)8)25-21-28(51-23-25)34(37(4,5)49)53-35(48)41(50-9,42(43,44)45)26-13-11-10-12-14-26/h10-14,16,18,20,25,27-28,30-31,33-34,49H,15,17,19,21-23H2,1-9H3/t25-,27+,28-,30-,31+,33-,34-,38+,39-,40+,41+/m1/s1. The van der Waals surface area contributed by atoms with E-state index in [1.807, 2.05) is 13.8 Å². The molecule has 11 heteroatoms. The van der Waals surface area contributed by atoms with Crippen molar-refractivity contribution in [1.29, 1.82) is 0 Å². The number of esters is 2. The van der Waals surface area contributed by atoms with E-state index in [1.54, 1.807) is 6.08 Å². The molecule has 6 rings (SSSR count). The molecule has 2 saturated carbocycles. The average Bonchev–Trinajstić information content (AvgIpc) is 3.67. The third-order valence-electron chi connectivity index (χ3n) is 14.4. The summed E-state index contributed by atoms with van der Waals surface area (Å²) < 4.78 is 67.3. The lowest BCUT2D eigenvalue weighted by Gasteiger charge is -2.66. The Kier molecular flexibility index (Phi) is 9.76. The van der Waals surface area contributed by atoms with Gasteiger partial charge in [-0.1, -0.05) is 82.7 Å². The van der Waals surface area contributed by atoms with Crippen LogP contribution in [0, 0.1) is 45.3 Å². The molecular weight excluding hydrogens is 689 g/mol. The zero-order chi connectivity index (χ0) is 39.2. The van der Waals surface area contributed by atoms with Crippen LogP contribution in [0.2, 0.25) is 0 Å². The maximum atomic E-state index is 14.7. The Morgan fingerprint density at radius 2 is 1.68 bits per heavy atom. The van der Waals surface area contributed by atoms with E-state index in [-0.39, 0.29) is 52.9 Å². The summed E-state index contributed by atoms with van der Waals surface area (Å²) in [5, 5.41) is 11.3. The van der Waals surface area contributed by atoms with Crippen LogP contribution in [0.4, 0.5) is 13.2 Å². The van der Waals surface area contributed by atoms with Gasteiger partial charge in [0, 0.05) is 30.4 Å². The summed E-state index contributed by atoms with van der Waals surface area (Å²) in [5.41, 5.74) is -6.09. The van der Waals surface area contributed by atoms with Gasteiger partial charge < -0.3 is 24.1 Å². The van der Waals surface area contributed by atoms with Crippen LogP contribution in [0.1, 0.15) is 93.1 Å². The van der Waals surface area contributed by atoms with Gasteiger partial charge in [0.1, 0.15) is 6.10 Å². The van der Waals surface area contributed by atoms with E-state index in [2.05, 4.69) is 32.9 Å². The SMILES string of the molecule is CO[C@](C(=O)O[C@H]([C@H]1C[C@@H]([C@@H]2CC=C3[C@@]4(C)[C@H](CC[C@]32C)[C@@]2(C)C=CC(=O)C(C)(C)[C@@H]2C[C@H]4OC(C)=O)CO1)C(C)(C)O)(c1ccccc1)C(F)(F)F. The first-order chi connectivity index (χ1) is 24.5. The minimum Gasteiger partial charge on any atom is -0.462 e. The maximum absolute atomic E-state index is 14.7. The molecule has 3 fully saturated rings. The number of hydrogen-bond acceptors (Lipinski definition) is 8. The molecule has 53 heavy (non-hydrogen) atoms. The molecule has 8 nitrogen and oxygen atoms in total. The van der Waals surface area contributed by atoms with E-state index in [0.717, 1.165) is 38.5 Å². The van der Waals surface area contributed by atoms with Crippen molar-refractivity contribution in [3.63, 3.8) is 0 Å². The zero-order valence-electron chi connectivity index (χ0n) is 32.3. The van der Waals surface area contributed by atoms with Gasteiger partial charge in [-0.2, -0.15) is 13.2 Å². The van der Waals surface area contributed by atoms with Crippen LogP contribution in [0.25, 0.3) is 0 Å². The van der Waals surface area contributed by atoms with Crippen molar-refractivity contribution < 1.29 is 51.6 Å². The van der Waals surface area contributed by atoms with E-state index in [9.17, 15) is 32.7 Å². The fraction of sp³-hybridized carbons (Fsp3) is 0.690. The molecule has 0 amide bonds. The molecule has 11 atom stereocenters. The summed E-state index contributed by atoms with van der Waals surface area (Å²) in [6.45, 7) is 15.2. The second-order valence-electron chi connectivity index (χ2n) is 18.0. The number of ketones is 1. The first kappa shape index (κ1) is 39.7. The largest absolute Gasteiger partial charge is 0.462 e. The van der Waals surface area contributed by atoms with Gasteiger partial charge >= 0.3 is 18.1 Å². The molecule has 0 bridgehead atoms. The van der Waals surface area contributed by atoms with Crippen molar-refractivity contribution in [3.05, 3.63) is 59.7 Å². The van der Waals surface area contributed by atoms with Crippen molar-refractivity contribution in [2.75, 3.05) is 13.7 Å². The number of benzene rings is 1. The van der Waals surface area contributed by atoms with Gasteiger partial charge in [-0.3, -0.25) is 9.59 Å². The number of aliphatic hydroxyl groups is 1. The highest BCUT2D eigenvalue weighted by atomic mass is 19.4. The number of carbonyl (C=O) groups is 3. The zero-order valence-corrected chi connectivity index (χ0v) is 32.3. The molecular formula is C42H55F3O8. The van der Waals surface area contributed by atoms with Crippen molar-refractivity contribution in [2.45, 2.75) is 123 Å². The topological polar surface area (TPSA) is 108 Å². The van der Waals surface area contributed by atoms with E-state index in [1.165, 1.54) is 44.5 Å². The minimum absolute atomic E-state index is 0.0152. The quantitative estimate of drug-likeness (QED) is 0.214. The smallest absolute Gasteiger partial charge is 0.432 e. The summed E-state index contributed by atoms with van der Waals surface area (Å²) in [7, 11) is 0.813. The lowest BCUT2D eigenvalue weighted by atomic mass is 9.38. The van der Waals surface area contributed by atoms with Crippen LogP contribution in [0.15, 0.2) is 54.1 Å². The maximum Gasteiger partial charge on any atom is 0.432 e. The molecule has 0 unspecified atom stereocenters. The molecule has 1 N–H and O–H groups in total. The minimum atomic E-state index is -5.17. The summed E-state index contributed by atoms with van der Waals surface area (Å²) >= 11 is 0. The fourth-order valence-corrected chi connectivity index (χ4v) is 11.8. The second kappa shape index (κ2) is 13.0. The summed E-state index contributed by atoms with van der Waals surface area (Å²) in [6, 6.07) is 6.61. The van der Waals surface area contributed by atoms with Crippen LogP contribution in [0.5, 0.6) is 0 Å². The predicted molar refractivity (Wildman–Crippen MR) is 190 cm³/mol. The van der Waals surface area contributed by atoms with E-state index >= 15 is 0 Å². The van der Waals surface area contributed by atoms with Gasteiger partial charge in [0.05, 0.1) is 18.3 Å². The Morgan fingerprint density at radius 1 is 1.02 bits per heavy atom. The average molecular weight is 745 g/mol. The molecule has 1 saturated heterocycles. The monoisotopic (exact) mass is 744 g/mol. The van der Waals surface area contributed by atoms with Crippen LogP contribution in [-0.4, -0.2) is 66.6 Å². The van der Waals surface area contributed by atoms with Gasteiger partial charge in [-0.05, 0) is 86.5 Å². The number of allylic oxidation sites excluding steroid dienone is 3. The number of alkyl halides is 3. The number of carbonyl (C=O) groups excluding carboxylic acids is 3. The third kappa shape index (κ3) is 5.93. The first-order valence-corrected chi connectivity index (χ1v) is 18.8. The Labute approximate surface area is 310 Å². The molecule has 1 heterocycles. The molecule has 0 aromatic heterocycles. The fourth-order valence-electron chi connectivity index (χ4n) is 11.8. The molecule has 4 aliphatic carbocycles. The van der Waals surface area contributed by atoms with E-state index < -0.39 is 58.1 Å². The van der Waals surface area contributed by atoms with Crippen LogP contribution in [-0.2, 0) is 38.9 Å². The van der Waals surface area contributed by atoms with Gasteiger partial charge in [0.25, 0.3) is 5.60 Å². The van der Waals surface area contributed by atoms with Gasteiger partial charge in [-0.25, -0.2) is 4.79 Å². The molecule has 1 aliphatic heterocycles. The number of rotatable bonds is 8.